The van der Waals surface area contributed by atoms with Crippen molar-refractivity contribution in [2.24, 2.45) is 5.92 Å². The fourth-order valence-corrected chi connectivity index (χ4v) is 6.06. The number of anilines is 2. The molecule has 0 unspecified atom stereocenters. The van der Waals surface area contributed by atoms with Gasteiger partial charge in [0.2, 0.25) is 11.8 Å². The van der Waals surface area contributed by atoms with E-state index in [0.717, 1.165) is 59.9 Å². The standard InChI is InChI=1S/C30H43N5O4.C6H5Cl/c1-6-31-29(36)17-32-24-9-7-21(8-10-24)18-34(4)28-12-11-25(16-33-28)35-19-23-14-27(39-20(2)3)26(38-5)13-22(23)15-30(35)37;7-6-4-2-1-3-5-6/h11-14,16,20-21,24,32H,6-10,15,17-19H2,1-5H3,(H,31,36);1-5H. The number of nitrogens with zero attached hydrogens (tertiary/aromatic N) is 3. The summed E-state index contributed by atoms with van der Waals surface area (Å²) < 4.78 is 11.4. The number of hydrogen-bond donors (Lipinski definition) is 2. The number of nitrogens with one attached hydrogen (secondary N) is 2. The Morgan fingerprint density at radius 1 is 1.07 bits per heavy atom. The van der Waals surface area contributed by atoms with E-state index in [1.165, 1.54) is 0 Å². The van der Waals surface area contributed by atoms with Crippen molar-refractivity contribution in [1.82, 2.24) is 15.6 Å². The topological polar surface area (TPSA) is 96.0 Å². The van der Waals surface area contributed by atoms with Crippen molar-refractivity contribution in [3.8, 4) is 11.5 Å². The summed E-state index contributed by atoms with van der Waals surface area (Å²) >= 11 is 5.54. The zero-order chi connectivity index (χ0) is 33.1. The summed E-state index contributed by atoms with van der Waals surface area (Å²) in [5.74, 6) is 2.96. The third-order valence-corrected chi connectivity index (χ3v) is 8.54. The van der Waals surface area contributed by atoms with E-state index < -0.39 is 0 Å². The lowest BCUT2D eigenvalue weighted by molar-refractivity contribution is -0.120. The van der Waals surface area contributed by atoms with Crippen molar-refractivity contribution in [1.29, 1.82) is 0 Å². The van der Waals surface area contributed by atoms with Crippen LogP contribution in [-0.4, -0.2) is 62.7 Å². The summed E-state index contributed by atoms with van der Waals surface area (Å²) in [6.07, 6.45) is 6.56. The number of aromatic nitrogens is 1. The Balaban J connectivity index is 0.000000606. The van der Waals surface area contributed by atoms with Gasteiger partial charge in [-0.05, 0) is 99.9 Å². The fraction of sp³-hybridized carbons (Fsp3) is 0.472. The first-order valence-corrected chi connectivity index (χ1v) is 16.6. The zero-order valence-electron chi connectivity index (χ0n) is 27.7. The normalized spacial score (nSPS) is 17.5. The van der Waals surface area contributed by atoms with Crippen molar-refractivity contribution < 1.29 is 19.1 Å². The van der Waals surface area contributed by atoms with Crippen LogP contribution in [0, 0.1) is 5.92 Å². The number of ether oxygens (including phenoxy) is 2. The lowest BCUT2D eigenvalue weighted by atomic mass is 9.85. The van der Waals surface area contributed by atoms with Crippen molar-refractivity contribution in [2.75, 3.05) is 43.6 Å². The second kappa shape index (κ2) is 17.2. The molecule has 0 atom stereocenters. The van der Waals surface area contributed by atoms with Crippen LogP contribution in [0.5, 0.6) is 11.5 Å². The third kappa shape index (κ3) is 10.1. The van der Waals surface area contributed by atoms with Crippen molar-refractivity contribution >= 4 is 34.9 Å². The van der Waals surface area contributed by atoms with Gasteiger partial charge in [-0.3, -0.25) is 9.59 Å². The van der Waals surface area contributed by atoms with Crippen LogP contribution < -0.4 is 29.9 Å². The van der Waals surface area contributed by atoms with E-state index in [9.17, 15) is 9.59 Å². The molecular weight excluding hydrogens is 602 g/mol. The van der Waals surface area contributed by atoms with Crippen LogP contribution in [0.1, 0.15) is 57.6 Å². The average molecular weight is 650 g/mol. The first kappa shape index (κ1) is 35.0. The molecule has 5 rings (SSSR count). The lowest BCUT2D eigenvalue weighted by Gasteiger charge is -2.32. The van der Waals surface area contributed by atoms with Crippen molar-refractivity contribution in [3.05, 3.63) is 76.9 Å². The first-order valence-electron chi connectivity index (χ1n) is 16.2. The molecule has 0 saturated heterocycles. The molecule has 0 bridgehead atoms. The van der Waals surface area contributed by atoms with Gasteiger partial charge in [-0.2, -0.15) is 0 Å². The maximum atomic E-state index is 13.0. The quantitative estimate of drug-likeness (QED) is 0.262. The molecule has 1 fully saturated rings. The van der Waals surface area contributed by atoms with Crippen LogP contribution in [-0.2, 0) is 22.6 Å². The molecule has 0 spiro atoms. The number of carbonyl (C=O) groups excluding carboxylic acids is 2. The number of halogens is 1. The molecule has 2 N–H and O–H groups in total. The molecule has 0 radical (unpaired) electrons. The van der Waals surface area contributed by atoms with E-state index >= 15 is 0 Å². The van der Waals surface area contributed by atoms with Crippen LogP contribution in [0.3, 0.4) is 0 Å². The minimum atomic E-state index is 0.0255. The molecule has 10 heteroatoms. The molecule has 9 nitrogen and oxygen atoms in total. The highest BCUT2D eigenvalue weighted by molar-refractivity contribution is 6.30. The number of benzene rings is 2. The van der Waals surface area contributed by atoms with Crippen LogP contribution in [0.15, 0.2) is 60.8 Å². The number of pyridine rings is 1. The Bertz CT molecular complexity index is 1410. The summed E-state index contributed by atoms with van der Waals surface area (Å²) in [5, 5.41) is 7.02. The summed E-state index contributed by atoms with van der Waals surface area (Å²) in [6, 6.07) is 17.8. The van der Waals surface area contributed by atoms with Gasteiger partial charge >= 0.3 is 0 Å². The van der Waals surface area contributed by atoms with Gasteiger partial charge in [0.25, 0.3) is 0 Å². The zero-order valence-corrected chi connectivity index (χ0v) is 28.5. The number of methoxy groups -OCH3 is 1. The van der Waals surface area contributed by atoms with Gasteiger partial charge in [0.1, 0.15) is 5.82 Å². The summed E-state index contributed by atoms with van der Waals surface area (Å²) in [5.41, 5.74) is 2.83. The molecule has 2 amide bonds. The molecule has 46 heavy (non-hydrogen) atoms. The van der Waals surface area contributed by atoms with E-state index in [2.05, 4.69) is 22.6 Å². The van der Waals surface area contributed by atoms with Gasteiger partial charge in [-0.15, -0.1) is 0 Å². The predicted octanol–water partition coefficient (Wildman–Crippen LogP) is 6.03. The highest BCUT2D eigenvalue weighted by Crippen LogP contribution is 2.36. The summed E-state index contributed by atoms with van der Waals surface area (Å²) in [7, 11) is 3.70. The number of fused-ring (bicyclic) bond motifs is 1. The molecule has 2 heterocycles. The predicted molar refractivity (Wildman–Crippen MR) is 185 cm³/mol. The number of rotatable bonds is 11. The van der Waals surface area contributed by atoms with E-state index in [4.69, 9.17) is 26.1 Å². The molecule has 1 aliphatic heterocycles. The summed E-state index contributed by atoms with van der Waals surface area (Å²) in [4.78, 5) is 33.4. The van der Waals surface area contributed by atoms with Crippen LogP contribution in [0.25, 0.3) is 0 Å². The van der Waals surface area contributed by atoms with Gasteiger partial charge in [-0.25, -0.2) is 4.98 Å². The molecule has 3 aromatic rings. The molecule has 248 valence electrons. The molecule has 1 saturated carbocycles. The Labute approximate surface area is 278 Å². The number of carbonyl (C=O) groups is 2. The highest BCUT2D eigenvalue weighted by atomic mass is 35.5. The highest BCUT2D eigenvalue weighted by Gasteiger charge is 2.27. The molecule has 1 aliphatic carbocycles. The Morgan fingerprint density at radius 3 is 2.37 bits per heavy atom. The maximum absolute atomic E-state index is 13.0. The Morgan fingerprint density at radius 2 is 1.78 bits per heavy atom. The van der Waals surface area contributed by atoms with Crippen LogP contribution in [0.2, 0.25) is 5.02 Å². The number of hydrogen-bond acceptors (Lipinski definition) is 7. The minimum absolute atomic E-state index is 0.0255. The monoisotopic (exact) mass is 649 g/mol. The van der Waals surface area contributed by atoms with E-state index in [-0.39, 0.29) is 17.9 Å². The Kier molecular flexibility index (Phi) is 13.1. The van der Waals surface area contributed by atoms with Crippen LogP contribution in [0.4, 0.5) is 11.5 Å². The third-order valence-electron chi connectivity index (χ3n) is 8.29. The Hall–Kier alpha value is -3.82. The minimum Gasteiger partial charge on any atom is -0.493 e. The molecule has 1 aromatic heterocycles. The van der Waals surface area contributed by atoms with E-state index in [1.807, 2.05) is 75.4 Å². The lowest BCUT2D eigenvalue weighted by Crippen LogP contribution is -2.41. The molecule has 2 aliphatic rings. The summed E-state index contributed by atoms with van der Waals surface area (Å²) in [6.45, 7) is 8.38. The number of amides is 2. The fourth-order valence-electron chi connectivity index (χ4n) is 5.92. The molecule has 2 aromatic carbocycles. The largest absolute Gasteiger partial charge is 0.493 e. The second-order valence-corrected chi connectivity index (χ2v) is 12.6. The van der Waals surface area contributed by atoms with Crippen molar-refractivity contribution in [3.63, 3.8) is 0 Å². The van der Waals surface area contributed by atoms with Gasteiger partial charge < -0.3 is 29.9 Å². The second-order valence-electron chi connectivity index (χ2n) is 12.2. The smallest absolute Gasteiger partial charge is 0.233 e. The van der Waals surface area contributed by atoms with E-state index in [0.29, 0.717) is 49.5 Å². The van der Waals surface area contributed by atoms with Gasteiger partial charge in [0, 0.05) is 31.2 Å². The number of likely N-dealkylation sites (N-methyl/N-ethyl adjacent to an activating group) is 1. The van der Waals surface area contributed by atoms with Crippen LogP contribution >= 0.6 is 11.6 Å². The SMILES string of the molecule is CCNC(=O)CNC1CCC(CN(C)c2ccc(N3Cc4cc(OC(C)C)c(OC)cc4CC3=O)cn2)CC1.Clc1ccccc1. The van der Waals surface area contributed by atoms with Gasteiger partial charge in [-0.1, -0.05) is 29.8 Å². The van der Waals surface area contributed by atoms with Gasteiger partial charge in [0.15, 0.2) is 11.5 Å². The first-order chi connectivity index (χ1) is 22.2. The molecular formula is C36H48ClN5O4. The maximum Gasteiger partial charge on any atom is 0.233 e. The van der Waals surface area contributed by atoms with Gasteiger partial charge in [0.05, 0.1) is 44.6 Å². The van der Waals surface area contributed by atoms with Crippen molar-refractivity contribution in [2.45, 2.75) is 71.6 Å². The van der Waals surface area contributed by atoms with E-state index in [1.54, 1.807) is 18.2 Å². The average Bonchev–Trinajstić information content (AvgIpc) is 3.04.